The molecule has 2 heterocycles. The average molecular weight is 373 g/mol. The lowest BCUT2D eigenvalue weighted by atomic mass is 10.2. The van der Waals surface area contributed by atoms with Gasteiger partial charge in [-0.3, -0.25) is 4.57 Å². The number of rotatable bonds is 3. The number of hydrogen-bond acceptors (Lipinski definition) is 4. The highest BCUT2D eigenvalue weighted by Gasteiger charge is 2.21. The minimum absolute atomic E-state index is 0.386. The Bertz CT molecular complexity index is 1200. The summed E-state index contributed by atoms with van der Waals surface area (Å²) >= 11 is 0. The van der Waals surface area contributed by atoms with Crippen molar-refractivity contribution in [1.29, 1.82) is 0 Å². The fourth-order valence-corrected chi connectivity index (χ4v) is 3.12. The molecule has 4 rings (SSSR count). The highest BCUT2D eigenvalue weighted by atomic mass is 16.2. The van der Waals surface area contributed by atoms with E-state index in [0.717, 1.165) is 15.7 Å². The SMILES string of the molecule is CN(Cc1ccccc1)C(=O)n1c(=O)n(C)c2nc(-c3ccccc3)ncc21. The van der Waals surface area contributed by atoms with Crippen molar-refractivity contribution in [3.63, 3.8) is 0 Å². The number of imidazole rings is 1. The zero-order valence-corrected chi connectivity index (χ0v) is 15.6. The Labute approximate surface area is 161 Å². The number of aryl methyl sites for hydroxylation is 1. The largest absolute Gasteiger partial charge is 0.338 e. The molecule has 28 heavy (non-hydrogen) atoms. The van der Waals surface area contributed by atoms with Crippen LogP contribution in [0.15, 0.2) is 71.7 Å². The second-order valence-corrected chi connectivity index (χ2v) is 6.57. The maximum absolute atomic E-state index is 13.0. The van der Waals surface area contributed by atoms with Crippen molar-refractivity contribution >= 4 is 17.2 Å². The molecule has 1 amide bonds. The standard InChI is InChI=1S/C21H19N5O2/c1-24(14-15-9-5-3-6-10-15)20(27)26-17-13-22-18(16-11-7-4-8-12-16)23-19(17)25(2)21(26)28/h3-13H,14H2,1-2H3. The van der Waals surface area contributed by atoms with Crippen LogP contribution in [0.2, 0.25) is 0 Å². The Morgan fingerprint density at radius 3 is 2.36 bits per heavy atom. The van der Waals surface area contributed by atoms with Crippen LogP contribution >= 0.6 is 0 Å². The predicted molar refractivity (Wildman–Crippen MR) is 107 cm³/mol. The molecule has 0 N–H and O–H groups in total. The van der Waals surface area contributed by atoms with Gasteiger partial charge in [0.15, 0.2) is 11.5 Å². The minimum Gasteiger partial charge on any atom is -0.323 e. The molecule has 0 spiro atoms. The van der Waals surface area contributed by atoms with Gasteiger partial charge in [-0.1, -0.05) is 60.7 Å². The fraction of sp³-hybridized carbons (Fsp3) is 0.143. The molecule has 0 aliphatic heterocycles. The minimum atomic E-state index is -0.445. The molecule has 2 aromatic carbocycles. The Kier molecular flexibility index (Phi) is 4.49. The molecule has 7 nitrogen and oxygen atoms in total. The van der Waals surface area contributed by atoms with Crippen molar-refractivity contribution in [1.82, 2.24) is 24.0 Å². The summed E-state index contributed by atoms with van der Waals surface area (Å²) in [5.41, 5.74) is 2.18. The van der Waals surface area contributed by atoms with Crippen molar-refractivity contribution in [3.05, 3.63) is 82.9 Å². The van der Waals surface area contributed by atoms with Crippen LogP contribution in [0.4, 0.5) is 4.79 Å². The van der Waals surface area contributed by atoms with Crippen molar-refractivity contribution in [3.8, 4) is 11.4 Å². The molecular formula is C21H19N5O2. The van der Waals surface area contributed by atoms with Gasteiger partial charge in [-0.2, -0.15) is 0 Å². The van der Waals surface area contributed by atoms with Crippen LogP contribution in [0.1, 0.15) is 5.56 Å². The highest BCUT2D eigenvalue weighted by molar-refractivity contribution is 5.88. The molecular weight excluding hydrogens is 354 g/mol. The molecule has 0 aliphatic rings. The van der Waals surface area contributed by atoms with Gasteiger partial charge in [0.2, 0.25) is 0 Å². The number of carbonyl (C=O) groups excluding carboxylic acids is 1. The second kappa shape index (κ2) is 7.11. The molecule has 0 bridgehead atoms. The van der Waals surface area contributed by atoms with E-state index in [4.69, 9.17) is 0 Å². The van der Waals surface area contributed by atoms with Gasteiger partial charge in [-0.05, 0) is 5.56 Å². The smallest absolute Gasteiger partial charge is 0.323 e. The van der Waals surface area contributed by atoms with Crippen molar-refractivity contribution in [2.45, 2.75) is 6.54 Å². The topological polar surface area (TPSA) is 73.0 Å². The van der Waals surface area contributed by atoms with Crippen molar-refractivity contribution in [2.75, 3.05) is 7.05 Å². The number of fused-ring (bicyclic) bond motifs is 1. The summed E-state index contributed by atoms with van der Waals surface area (Å²) in [7, 11) is 3.27. The molecule has 2 aromatic heterocycles. The predicted octanol–water partition coefficient (Wildman–Crippen LogP) is 2.90. The molecule has 0 unspecified atom stereocenters. The van der Waals surface area contributed by atoms with Crippen molar-refractivity contribution in [2.24, 2.45) is 7.05 Å². The van der Waals surface area contributed by atoms with Crippen LogP contribution in [0.5, 0.6) is 0 Å². The van der Waals surface area contributed by atoms with Gasteiger partial charge in [0.05, 0.1) is 6.20 Å². The van der Waals surface area contributed by atoms with Crippen LogP contribution < -0.4 is 5.69 Å². The number of aromatic nitrogens is 4. The lowest BCUT2D eigenvalue weighted by Gasteiger charge is -2.17. The Morgan fingerprint density at radius 1 is 1.04 bits per heavy atom. The maximum atomic E-state index is 13.0. The molecule has 0 radical (unpaired) electrons. The van der Waals surface area contributed by atoms with E-state index in [1.54, 1.807) is 14.1 Å². The second-order valence-electron chi connectivity index (χ2n) is 6.57. The maximum Gasteiger partial charge on any atom is 0.338 e. The Hall–Kier alpha value is -3.74. The quantitative estimate of drug-likeness (QED) is 0.553. The van der Waals surface area contributed by atoms with E-state index in [-0.39, 0.29) is 0 Å². The molecule has 0 atom stereocenters. The lowest BCUT2D eigenvalue weighted by molar-refractivity contribution is 0.208. The highest BCUT2D eigenvalue weighted by Crippen LogP contribution is 2.18. The summed E-state index contributed by atoms with van der Waals surface area (Å²) in [5, 5.41) is 0. The number of benzene rings is 2. The molecule has 7 heteroatoms. The van der Waals surface area contributed by atoms with Crippen LogP contribution in [0, 0.1) is 0 Å². The van der Waals surface area contributed by atoms with Crippen LogP contribution in [-0.2, 0) is 13.6 Å². The normalized spacial score (nSPS) is 10.9. The van der Waals surface area contributed by atoms with Crippen molar-refractivity contribution < 1.29 is 4.79 Å². The van der Waals surface area contributed by atoms with E-state index in [1.165, 1.54) is 15.7 Å². The summed E-state index contributed by atoms with van der Waals surface area (Å²) in [6.07, 6.45) is 1.53. The number of nitrogens with zero attached hydrogens (tertiary/aromatic N) is 5. The van der Waals surface area contributed by atoms with Gasteiger partial charge < -0.3 is 4.90 Å². The summed E-state index contributed by atoms with van der Waals surface area (Å²) in [5.74, 6) is 0.505. The molecule has 0 fully saturated rings. The first kappa shape index (κ1) is 17.7. The van der Waals surface area contributed by atoms with E-state index < -0.39 is 11.7 Å². The third-order valence-electron chi connectivity index (χ3n) is 4.60. The zero-order valence-electron chi connectivity index (χ0n) is 15.6. The van der Waals surface area contributed by atoms with Gasteiger partial charge in [-0.15, -0.1) is 0 Å². The van der Waals surface area contributed by atoms with Gasteiger partial charge >= 0.3 is 11.7 Å². The fourth-order valence-electron chi connectivity index (χ4n) is 3.12. The molecule has 4 aromatic rings. The first-order valence-electron chi connectivity index (χ1n) is 8.85. The van der Waals surface area contributed by atoms with E-state index in [1.807, 2.05) is 60.7 Å². The third kappa shape index (κ3) is 3.07. The monoisotopic (exact) mass is 373 g/mol. The summed E-state index contributed by atoms with van der Waals surface area (Å²) in [4.78, 5) is 36.1. The summed E-state index contributed by atoms with van der Waals surface area (Å²) < 4.78 is 2.49. The number of hydrogen-bond donors (Lipinski definition) is 0. The van der Waals surface area contributed by atoms with E-state index >= 15 is 0 Å². The van der Waals surface area contributed by atoms with E-state index in [9.17, 15) is 9.59 Å². The lowest BCUT2D eigenvalue weighted by Crippen LogP contribution is -2.37. The van der Waals surface area contributed by atoms with Crippen LogP contribution in [-0.4, -0.2) is 37.1 Å². The molecule has 0 saturated heterocycles. The van der Waals surface area contributed by atoms with E-state index in [0.29, 0.717) is 23.5 Å². The van der Waals surface area contributed by atoms with Gasteiger partial charge in [-0.25, -0.2) is 24.1 Å². The Morgan fingerprint density at radius 2 is 1.68 bits per heavy atom. The number of amides is 1. The van der Waals surface area contributed by atoms with Gasteiger partial charge in [0.25, 0.3) is 0 Å². The first-order valence-corrected chi connectivity index (χ1v) is 8.85. The van der Waals surface area contributed by atoms with Gasteiger partial charge in [0, 0.05) is 26.2 Å². The third-order valence-corrected chi connectivity index (χ3v) is 4.60. The number of carbonyl (C=O) groups is 1. The molecule has 0 aliphatic carbocycles. The summed E-state index contributed by atoms with van der Waals surface area (Å²) in [6.45, 7) is 0.394. The first-order chi connectivity index (χ1) is 13.6. The average Bonchev–Trinajstić information content (AvgIpc) is 2.99. The van der Waals surface area contributed by atoms with Crippen LogP contribution in [0.25, 0.3) is 22.6 Å². The van der Waals surface area contributed by atoms with E-state index in [2.05, 4.69) is 9.97 Å². The molecule has 140 valence electrons. The zero-order chi connectivity index (χ0) is 19.7. The van der Waals surface area contributed by atoms with Crippen LogP contribution in [0.3, 0.4) is 0 Å². The molecule has 0 saturated carbocycles. The summed E-state index contributed by atoms with van der Waals surface area (Å²) in [6, 6.07) is 18.7. The van der Waals surface area contributed by atoms with Gasteiger partial charge in [0.1, 0.15) is 5.52 Å². The Balaban J connectivity index is 1.74.